The van der Waals surface area contributed by atoms with Gasteiger partial charge in [-0.3, -0.25) is 4.79 Å². The molecule has 0 unspecified atom stereocenters. The summed E-state index contributed by atoms with van der Waals surface area (Å²) in [5, 5.41) is 7.16. The maximum Gasteiger partial charge on any atom is 0.142 e. The highest BCUT2D eigenvalue weighted by Crippen LogP contribution is 2.12. The lowest BCUT2D eigenvalue weighted by molar-refractivity contribution is -0.123. The average molecular weight is 181 g/mol. The normalized spacial score (nSPS) is 17.3. The first-order valence-electron chi connectivity index (χ1n) is 4.11. The van der Waals surface area contributed by atoms with Gasteiger partial charge in [0.05, 0.1) is 0 Å². The van der Waals surface area contributed by atoms with Gasteiger partial charge in [-0.05, 0) is 22.4 Å². The number of thiophene rings is 1. The van der Waals surface area contributed by atoms with Crippen LogP contribution in [0.1, 0.15) is 5.56 Å². The van der Waals surface area contributed by atoms with Crippen LogP contribution in [0.5, 0.6) is 0 Å². The van der Waals surface area contributed by atoms with E-state index < -0.39 is 0 Å². The Kier molecular flexibility index (Phi) is 2.23. The molecule has 1 fully saturated rings. The van der Waals surface area contributed by atoms with E-state index in [0.717, 1.165) is 18.7 Å². The Bertz CT molecular complexity index is 264. The third-order valence-electron chi connectivity index (χ3n) is 2.20. The molecule has 0 aliphatic carbocycles. The Balaban J connectivity index is 1.90. The Labute approximate surface area is 75.6 Å². The molecule has 0 spiro atoms. The maximum atomic E-state index is 11.5. The van der Waals surface area contributed by atoms with Crippen molar-refractivity contribution in [3.05, 3.63) is 22.4 Å². The average Bonchev–Trinajstić information content (AvgIpc) is 2.34. The summed E-state index contributed by atoms with van der Waals surface area (Å²) >= 11 is 1.65. The van der Waals surface area contributed by atoms with Gasteiger partial charge in [0, 0.05) is 25.4 Å². The lowest BCUT2D eigenvalue weighted by Gasteiger charge is -2.25. The molecule has 0 saturated carbocycles. The van der Waals surface area contributed by atoms with Crippen molar-refractivity contribution in [1.82, 2.24) is 5.32 Å². The summed E-state index contributed by atoms with van der Waals surface area (Å²) in [6, 6.07) is 2.02. The van der Waals surface area contributed by atoms with Crippen LogP contribution < -0.4 is 5.32 Å². The standard InChI is InChI=1S/C9H11NOS/c11-9(8-4-10-5-8)3-7-1-2-12-6-7/h1-2,6,8,10H,3-5H2. The highest BCUT2D eigenvalue weighted by Gasteiger charge is 2.24. The van der Waals surface area contributed by atoms with Crippen LogP contribution in [-0.4, -0.2) is 18.9 Å². The molecule has 1 saturated heterocycles. The lowest BCUT2D eigenvalue weighted by Crippen LogP contribution is -2.47. The van der Waals surface area contributed by atoms with E-state index in [9.17, 15) is 4.79 Å². The van der Waals surface area contributed by atoms with Gasteiger partial charge in [-0.25, -0.2) is 0 Å². The van der Waals surface area contributed by atoms with Gasteiger partial charge in [0.2, 0.25) is 0 Å². The van der Waals surface area contributed by atoms with E-state index >= 15 is 0 Å². The first-order chi connectivity index (χ1) is 5.86. The highest BCUT2D eigenvalue weighted by molar-refractivity contribution is 7.07. The third kappa shape index (κ3) is 1.57. The molecular weight excluding hydrogens is 170 g/mol. The SMILES string of the molecule is O=C(Cc1ccsc1)C1CNC1. The van der Waals surface area contributed by atoms with Crippen LogP contribution in [0.2, 0.25) is 0 Å². The van der Waals surface area contributed by atoms with Gasteiger partial charge in [-0.2, -0.15) is 11.3 Å². The number of ketones is 1. The minimum Gasteiger partial charge on any atom is -0.315 e. The highest BCUT2D eigenvalue weighted by atomic mass is 32.1. The van der Waals surface area contributed by atoms with Gasteiger partial charge >= 0.3 is 0 Å². The predicted molar refractivity (Wildman–Crippen MR) is 49.4 cm³/mol. The van der Waals surface area contributed by atoms with E-state index in [2.05, 4.69) is 5.32 Å². The van der Waals surface area contributed by atoms with Gasteiger partial charge in [0.15, 0.2) is 0 Å². The van der Waals surface area contributed by atoms with Crippen molar-refractivity contribution in [2.75, 3.05) is 13.1 Å². The molecule has 0 bridgehead atoms. The maximum absolute atomic E-state index is 11.5. The van der Waals surface area contributed by atoms with E-state index in [1.165, 1.54) is 0 Å². The van der Waals surface area contributed by atoms with Crippen molar-refractivity contribution in [3.8, 4) is 0 Å². The minimum atomic E-state index is 0.282. The fourth-order valence-electron chi connectivity index (χ4n) is 1.26. The summed E-state index contributed by atoms with van der Waals surface area (Å²) in [6.45, 7) is 1.76. The zero-order chi connectivity index (χ0) is 8.39. The molecule has 0 amide bonds. The third-order valence-corrected chi connectivity index (χ3v) is 2.93. The second-order valence-corrected chi connectivity index (χ2v) is 3.91. The molecule has 1 aliphatic heterocycles. The van der Waals surface area contributed by atoms with Crippen molar-refractivity contribution >= 4 is 17.1 Å². The second kappa shape index (κ2) is 3.37. The summed E-state index contributed by atoms with van der Waals surface area (Å²) in [7, 11) is 0. The van der Waals surface area contributed by atoms with Gasteiger partial charge in [-0.15, -0.1) is 0 Å². The molecule has 64 valence electrons. The Hall–Kier alpha value is -0.670. The zero-order valence-corrected chi connectivity index (χ0v) is 7.56. The van der Waals surface area contributed by atoms with Crippen LogP contribution in [-0.2, 0) is 11.2 Å². The Morgan fingerprint density at radius 2 is 2.50 bits per heavy atom. The number of nitrogens with one attached hydrogen (secondary N) is 1. The van der Waals surface area contributed by atoms with Crippen LogP contribution in [0, 0.1) is 5.92 Å². The summed E-state index contributed by atoms with van der Waals surface area (Å²) in [4.78, 5) is 11.5. The molecule has 12 heavy (non-hydrogen) atoms. The van der Waals surface area contributed by atoms with Gasteiger partial charge in [0.1, 0.15) is 5.78 Å². The first-order valence-corrected chi connectivity index (χ1v) is 5.05. The number of carbonyl (C=O) groups excluding carboxylic acids is 1. The molecule has 2 nitrogen and oxygen atoms in total. The van der Waals surface area contributed by atoms with E-state index in [-0.39, 0.29) is 5.92 Å². The summed E-state index contributed by atoms with van der Waals surface area (Å²) in [6.07, 6.45) is 0.621. The van der Waals surface area contributed by atoms with E-state index in [0.29, 0.717) is 12.2 Å². The van der Waals surface area contributed by atoms with Crippen LogP contribution in [0.3, 0.4) is 0 Å². The number of rotatable bonds is 3. The molecule has 0 atom stereocenters. The van der Waals surface area contributed by atoms with Crippen LogP contribution in [0.4, 0.5) is 0 Å². The molecule has 3 heteroatoms. The fourth-order valence-corrected chi connectivity index (χ4v) is 1.92. The molecule has 1 N–H and O–H groups in total. The molecule has 0 aromatic carbocycles. The zero-order valence-electron chi connectivity index (χ0n) is 6.75. The number of Topliss-reactive ketones (excluding diaryl/α,β-unsaturated/α-hetero) is 1. The smallest absolute Gasteiger partial charge is 0.142 e. The number of hydrogen-bond donors (Lipinski definition) is 1. The van der Waals surface area contributed by atoms with E-state index in [1.807, 2.05) is 16.8 Å². The predicted octanol–water partition coefficient (Wildman–Crippen LogP) is 1.08. The van der Waals surface area contributed by atoms with Crippen LogP contribution in [0.25, 0.3) is 0 Å². The summed E-state index contributed by atoms with van der Waals surface area (Å²) < 4.78 is 0. The van der Waals surface area contributed by atoms with Crippen LogP contribution >= 0.6 is 11.3 Å². The minimum absolute atomic E-state index is 0.282. The van der Waals surface area contributed by atoms with Crippen molar-refractivity contribution in [2.24, 2.45) is 5.92 Å². The number of carbonyl (C=O) groups is 1. The molecule has 0 radical (unpaired) electrons. The quantitative estimate of drug-likeness (QED) is 0.756. The van der Waals surface area contributed by atoms with Crippen molar-refractivity contribution in [3.63, 3.8) is 0 Å². The monoisotopic (exact) mass is 181 g/mol. The van der Waals surface area contributed by atoms with Crippen molar-refractivity contribution in [1.29, 1.82) is 0 Å². The lowest BCUT2D eigenvalue weighted by atomic mass is 9.94. The summed E-state index contributed by atoms with van der Waals surface area (Å²) in [5.74, 6) is 0.664. The van der Waals surface area contributed by atoms with Gasteiger partial charge in [0.25, 0.3) is 0 Å². The van der Waals surface area contributed by atoms with E-state index in [4.69, 9.17) is 0 Å². The Morgan fingerprint density at radius 1 is 1.67 bits per heavy atom. The van der Waals surface area contributed by atoms with Crippen molar-refractivity contribution < 1.29 is 4.79 Å². The van der Waals surface area contributed by atoms with Gasteiger partial charge < -0.3 is 5.32 Å². The largest absolute Gasteiger partial charge is 0.315 e. The van der Waals surface area contributed by atoms with Crippen molar-refractivity contribution in [2.45, 2.75) is 6.42 Å². The summed E-state index contributed by atoms with van der Waals surface area (Å²) in [5.41, 5.74) is 1.16. The molecule has 2 heterocycles. The van der Waals surface area contributed by atoms with Gasteiger partial charge in [-0.1, -0.05) is 0 Å². The first kappa shape index (κ1) is 7.95. The number of hydrogen-bond acceptors (Lipinski definition) is 3. The topological polar surface area (TPSA) is 29.1 Å². The Morgan fingerprint density at radius 3 is 3.00 bits per heavy atom. The second-order valence-electron chi connectivity index (χ2n) is 3.13. The fraction of sp³-hybridized carbons (Fsp3) is 0.444. The molecule has 1 aromatic heterocycles. The molecule has 1 aliphatic rings. The molecule has 1 aromatic rings. The molecular formula is C9H11NOS. The van der Waals surface area contributed by atoms with Crippen LogP contribution in [0.15, 0.2) is 16.8 Å². The molecule has 2 rings (SSSR count). The van der Waals surface area contributed by atoms with E-state index in [1.54, 1.807) is 11.3 Å².